The molecular weight excluding hydrogens is 331 g/mol. The van der Waals surface area contributed by atoms with E-state index in [2.05, 4.69) is 11.9 Å². The van der Waals surface area contributed by atoms with E-state index in [1.807, 2.05) is 32.0 Å². The lowest BCUT2D eigenvalue weighted by molar-refractivity contribution is -0.620. The highest BCUT2D eigenvalue weighted by Crippen LogP contribution is 2.25. The average molecular weight is 356 g/mol. The lowest BCUT2D eigenvalue weighted by Gasteiger charge is -2.17. The number of rotatable bonds is 6. The van der Waals surface area contributed by atoms with Gasteiger partial charge in [-0.3, -0.25) is 4.79 Å². The molecule has 0 spiro atoms. The number of nitrogens with zero attached hydrogens (tertiary/aromatic N) is 1. The molecule has 0 aliphatic carbocycles. The molecule has 0 fully saturated rings. The predicted molar refractivity (Wildman–Crippen MR) is 102 cm³/mol. The fraction of sp³-hybridized carbons (Fsp3) is 0.333. The molecule has 0 saturated heterocycles. The summed E-state index contributed by atoms with van der Waals surface area (Å²) >= 11 is 0. The Hall–Kier alpha value is -2.69. The smallest absolute Gasteiger partial charge is 0.265 e. The van der Waals surface area contributed by atoms with Crippen LogP contribution in [-0.4, -0.2) is 5.91 Å². The van der Waals surface area contributed by atoms with Crippen molar-refractivity contribution in [2.75, 3.05) is 5.32 Å². The molecule has 4 nitrogen and oxygen atoms in total. The molecule has 1 N–H and O–H groups in total. The number of carbonyl (C=O) groups excluding carboxylic acids is 1. The van der Waals surface area contributed by atoms with E-state index in [0.29, 0.717) is 10.4 Å². The molecule has 0 bridgehead atoms. The van der Waals surface area contributed by atoms with Gasteiger partial charge in [-0.05, 0) is 30.4 Å². The summed E-state index contributed by atoms with van der Waals surface area (Å²) in [5.74, 6) is -1.26. The lowest BCUT2D eigenvalue weighted by atomic mass is 10.0. The molecule has 1 aromatic carbocycles. The number of nitrogens with one attached hydrogen (secondary N) is 1. The third kappa shape index (κ3) is 3.47. The molecule has 0 saturated carbocycles. The Morgan fingerprint density at radius 2 is 1.81 bits per heavy atom. The summed E-state index contributed by atoms with van der Waals surface area (Å²) in [4.78, 5) is 12.9. The maximum absolute atomic E-state index is 15.0. The second kappa shape index (κ2) is 8.13. The van der Waals surface area contributed by atoms with Gasteiger partial charge in [-0.25, -0.2) is 4.39 Å². The van der Waals surface area contributed by atoms with Crippen molar-refractivity contribution in [2.24, 2.45) is 0 Å². The number of aromatic nitrogens is 1. The van der Waals surface area contributed by atoms with Gasteiger partial charge in [0, 0.05) is 19.5 Å². The van der Waals surface area contributed by atoms with Crippen LogP contribution in [-0.2, 0) is 19.3 Å². The summed E-state index contributed by atoms with van der Waals surface area (Å²) in [5.41, 5.74) is 2.94. The molecule has 1 aromatic heterocycles. The Morgan fingerprint density at radius 3 is 2.31 bits per heavy atom. The first-order valence-electron chi connectivity index (χ1n) is 8.81. The minimum Gasteiger partial charge on any atom is -0.618 e. The maximum atomic E-state index is 15.0. The van der Waals surface area contributed by atoms with Crippen LogP contribution in [0.4, 0.5) is 10.1 Å². The van der Waals surface area contributed by atoms with E-state index in [0.717, 1.165) is 24.0 Å². The van der Waals surface area contributed by atoms with Crippen LogP contribution < -0.4 is 10.0 Å². The minimum absolute atomic E-state index is 0.0531. The lowest BCUT2D eigenvalue weighted by Crippen LogP contribution is -2.39. The van der Waals surface area contributed by atoms with Gasteiger partial charge in [0.15, 0.2) is 11.5 Å². The second-order valence-corrected chi connectivity index (χ2v) is 6.24. The van der Waals surface area contributed by atoms with E-state index in [4.69, 9.17) is 0 Å². The van der Waals surface area contributed by atoms with Crippen molar-refractivity contribution < 1.29 is 13.9 Å². The zero-order valence-corrected chi connectivity index (χ0v) is 15.8. The molecule has 0 radical (unpaired) electrons. The first-order chi connectivity index (χ1) is 12.4. The third-order valence-electron chi connectivity index (χ3n) is 4.71. The normalized spacial score (nSPS) is 10.7. The van der Waals surface area contributed by atoms with Gasteiger partial charge < -0.3 is 10.5 Å². The molecule has 1 amide bonds. The van der Waals surface area contributed by atoms with Crippen LogP contribution in [0, 0.1) is 24.9 Å². The van der Waals surface area contributed by atoms with Gasteiger partial charge in [-0.1, -0.05) is 38.1 Å². The van der Waals surface area contributed by atoms with Crippen LogP contribution >= 0.6 is 0 Å². The van der Waals surface area contributed by atoms with Crippen LogP contribution in [0.3, 0.4) is 0 Å². The molecule has 0 atom stereocenters. The number of halogens is 1. The molecular formula is C21H25FN2O2. The highest BCUT2D eigenvalue weighted by atomic mass is 19.1. The summed E-state index contributed by atoms with van der Waals surface area (Å²) < 4.78 is 15.6. The Labute approximate surface area is 154 Å². The molecule has 26 heavy (non-hydrogen) atoms. The van der Waals surface area contributed by atoms with Crippen LogP contribution in [0.15, 0.2) is 30.9 Å². The number of allylic oxidation sites excluding steroid dienone is 1. The number of anilines is 1. The van der Waals surface area contributed by atoms with Crippen LogP contribution in [0.2, 0.25) is 0 Å². The highest BCUT2D eigenvalue weighted by molar-refractivity contribution is 6.06. The van der Waals surface area contributed by atoms with Gasteiger partial charge in [-0.15, -0.1) is 6.58 Å². The number of hydrogen-bond acceptors (Lipinski definition) is 2. The average Bonchev–Trinajstić information content (AvgIpc) is 2.63. The molecule has 1 heterocycles. The van der Waals surface area contributed by atoms with Crippen molar-refractivity contribution in [2.45, 2.75) is 47.0 Å². The van der Waals surface area contributed by atoms with E-state index in [1.165, 1.54) is 13.0 Å². The monoisotopic (exact) mass is 356 g/mol. The number of aryl methyl sites for hydroxylation is 2. The third-order valence-corrected chi connectivity index (χ3v) is 4.71. The Kier molecular flexibility index (Phi) is 6.14. The van der Waals surface area contributed by atoms with Gasteiger partial charge in [0.05, 0.1) is 5.56 Å². The zero-order valence-electron chi connectivity index (χ0n) is 15.8. The van der Waals surface area contributed by atoms with Crippen LogP contribution in [0.1, 0.15) is 52.3 Å². The van der Waals surface area contributed by atoms with Gasteiger partial charge in [0.25, 0.3) is 5.91 Å². The Morgan fingerprint density at radius 1 is 1.23 bits per heavy atom. The molecule has 138 valence electrons. The topological polar surface area (TPSA) is 56.0 Å². The van der Waals surface area contributed by atoms with E-state index >= 15 is 4.39 Å². The zero-order chi connectivity index (χ0) is 19.4. The van der Waals surface area contributed by atoms with Crippen molar-refractivity contribution in [1.29, 1.82) is 0 Å². The summed E-state index contributed by atoms with van der Waals surface area (Å²) in [6, 6.07) is 5.81. The highest BCUT2D eigenvalue weighted by Gasteiger charge is 2.28. The first kappa shape index (κ1) is 19.6. The van der Waals surface area contributed by atoms with E-state index in [9.17, 15) is 10.0 Å². The van der Waals surface area contributed by atoms with Crippen molar-refractivity contribution in [3.63, 3.8) is 0 Å². The first-order valence-corrected chi connectivity index (χ1v) is 8.81. The number of amides is 1. The van der Waals surface area contributed by atoms with Crippen LogP contribution in [0.5, 0.6) is 0 Å². The fourth-order valence-electron chi connectivity index (χ4n) is 3.17. The Balaban J connectivity index is 2.57. The van der Waals surface area contributed by atoms with Gasteiger partial charge >= 0.3 is 0 Å². The minimum atomic E-state index is -0.656. The number of para-hydroxylation sites is 1. The summed E-state index contributed by atoms with van der Waals surface area (Å²) in [6.07, 6.45) is 3.18. The molecule has 2 rings (SSSR count). The van der Waals surface area contributed by atoms with Gasteiger partial charge in [0.2, 0.25) is 5.69 Å². The van der Waals surface area contributed by atoms with E-state index in [1.54, 1.807) is 6.92 Å². The summed E-state index contributed by atoms with van der Waals surface area (Å²) in [7, 11) is 0. The molecule has 0 unspecified atom stereocenters. The number of benzene rings is 1. The quantitative estimate of drug-likeness (QED) is 0.479. The largest absolute Gasteiger partial charge is 0.618 e. The van der Waals surface area contributed by atoms with Gasteiger partial charge in [0.1, 0.15) is 5.56 Å². The summed E-state index contributed by atoms with van der Waals surface area (Å²) in [5, 5.41) is 15.2. The molecule has 5 heteroatoms. The van der Waals surface area contributed by atoms with Gasteiger partial charge in [-0.2, -0.15) is 4.73 Å². The van der Waals surface area contributed by atoms with Crippen molar-refractivity contribution in [3.05, 3.63) is 75.5 Å². The van der Waals surface area contributed by atoms with Crippen LogP contribution in [0.25, 0.3) is 0 Å². The maximum Gasteiger partial charge on any atom is 0.265 e. The van der Waals surface area contributed by atoms with Crippen molar-refractivity contribution in [1.82, 2.24) is 0 Å². The number of hydrogen-bond donors (Lipinski definition) is 1. The van der Waals surface area contributed by atoms with E-state index in [-0.39, 0.29) is 28.9 Å². The predicted octanol–water partition coefficient (Wildman–Crippen LogP) is 4.18. The number of carbonyl (C=O) groups is 1. The van der Waals surface area contributed by atoms with Crippen molar-refractivity contribution >= 4 is 11.6 Å². The number of pyridine rings is 1. The molecule has 0 aliphatic heterocycles. The Bertz CT molecular complexity index is 838. The fourth-order valence-corrected chi connectivity index (χ4v) is 3.17. The second-order valence-electron chi connectivity index (χ2n) is 6.24. The van der Waals surface area contributed by atoms with Crippen molar-refractivity contribution in [3.8, 4) is 0 Å². The van der Waals surface area contributed by atoms with E-state index < -0.39 is 11.7 Å². The standard InChI is InChI=1S/C21H25FN2O2/c1-6-10-17-13(4)24(26)14(5)18(19(17)22)21(25)23-20-15(7-2)11-9-12-16(20)8-3/h6,9,11-12H,1,7-8,10H2,2-5H3,(H,23,25). The summed E-state index contributed by atoms with van der Waals surface area (Å²) in [6.45, 7) is 10.6. The SMILES string of the molecule is C=CCc1c(F)c(C(=O)Nc2c(CC)cccc2CC)c(C)[n+]([O-])c1C. The molecule has 2 aromatic rings. The molecule has 0 aliphatic rings.